The lowest BCUT2D eigenvalue weighted by Crippen LogP contribution is -2.53. The molecule has 6 heteroatoms. The Hall–Kier alpha value is -2.13. The van der Waals surface area contributed by atoms with Crippen LogP contribution < -0.4 is 10.9 Å². The Morgan fingerprint density at radius 1 is 1.56 bits per heavy atom. The van der Waals surface area contributed by atoms with Gasteiger partial charge in [-0.1, -0.05) is 0 Å². The zero-order valence-electron chi connectivity index (χ0n) is 10.1. The van der Waals surface area contributed by atoms with Crippen molar-refractivity contribution in [3.05, 3.63) is 33.7 Å². The maximum atomic E-state index is 12.2. The van der Waals surface area contributed by atoms with Gasteiger partial charge < -0.3 is 15.2 Å². The van der Waals surface area contributed by atoms with Crippen LogP contribution in [0.2, 0.25) is 0 Å². The lowest BCUT2D eigenvalue weighted by Gasteiger charge is -2.31. The number of aryl methyl sites for hydroxylation is 1. The van der Waals surface area contributed by atoms with Crippen LogP contribution in [0.1, 0.15) is 16.1 Å². The van der Waals surface area contributed by atoms with Gasteiger partial charge in [0.15, 0.2) is 0 Å². The molecular formula is C12H14N4O2. The number of aromatic amines is 1. The molecule has 18 heavy (non-hydrogen) atoms. The molecule has 0 aliphatic carbocycles. The Balaban J connectivity index is 2.30. The highest BCUT2D eigenvalue weighted by Crippen LogP contribution is 2.07. The van der Waals surface area contributed by atoms with E-state index in [-0.39, 0.29) is 11.5 Å². The van der Waals surface area contributed by atoms with Gasteiger partial charge in [0.1, 0.15) is 11.6 Å². The zero-order valence-corrected chi connectivity index (χ0v) is 10.1. The molecule has 0 spiro atoms. The molecule has 1 aromatic heterocycles. The lowest BCUT2D eigenvalue weighted by molar-refractivity contribution is 0.0685. The van der Waals surface area contributed by atoms with Crippen LogP contribution in [0.4, 0.5) is 0 Å². The number of nitrogens with zero attached hydrogens (tertiary/aromatic N) is 2. The molecule has 1 aromatic rings. The van der Waals surface area contributed by atoms with E-state index in [2.05, 4.69) is 16.4 Å². The average Bonchev–Trinajstić information content (AvgIpc) is 2.38. The number of pyridine rings is 1. The van der Waals surface area contributed by atoms with Gasteiger partial charge in [-0.25, -0.2) is 0 Å². The third-order valence-electron chi connectivity index (χ3n) is 2.94. The van der Waals surface area contributed by atoms with Gasteiger partial charge in [0, 0.05) is 25.3 Å². The van der Waals surface area contributed by atoms with Gasteiger partial charge in [0.05, 0.1) is 6.07 Å². The molecule has 1 aliphatic heterocycles. The molecule has 0 bridgehead atoms. The van der Waals surface area contributed by atoms with Gasteiger partial charge in [-0.05, 0) is 19.1 Å². The van der Waals surface area contributed by atoms with Crippen LogP contribution in [0, 0.1) is 18.3 Å². The quantitative estimate of drug-likeness (QED) is 0.707. The smallest absolute Gasteiger partial charge is 0.260 e. The SMILES string of the molecule is Cc1ccc(C(=O)N2CCNCC2C#N)c(=O)[nH]1. The molecule has 6 nitrogen and oxygen atoms in total. The maximum Gasteiger partial charge on any atom is 0.260 e. The second kappa shape index (κ2) is 5.02. The first-order valence-corrected chi connectivity index (χ1v) is 5.74. The summed E-state index contributed by atoms with van der Waals surface area (Å²) in [7, 11) is 0. The summed E-state index contributed by atoms with van der Waals surface area (Å²) in [5.74, 6) is -0.385. The highest BCUT2D eigenvalue weighted by Gasteiger charge is 2.28. The molecular weight excluding hydrogens is 232 g/mol. The van der Waals surface area contributed by atoms with Crippen molar-refractivity contribution < 1.29 is 4.79 Å². The summed E-state index contributed by atoms with van der Waals surface area (Å²) in [4.78, 5) is 28.0. The summed E-state index contributed by atoms with van der Waals surface area (Å²) < 4.78 is 0. The van der Waals surface area contributed by atoms with Crippen molar-refractivity contribution >= 4 is 5.91 Å². The second-order valence-electron chi connectivity index (χ2n) is 4.23. The van der Waals surface area contributed by atoms with Crippen LogP contribution >= 0.6 is 0 Å². The summed E-state index contributed by atoms with van der Waals surface area (Å²) >= 11 is 0. The molecule has 1 fully saturated rings. The molecule has 1 aliphatic rings. The topological polar surface area (TPSA) is 89.0 Å². The number of nitriles is 1. The average molecular weight is 246 g/mol. The number of nitrogens with one attached hydrogen (secondary N) is 2. The van der Waals surface area contributed by atoms with Crippen LogP contribution in [-0.2, 0) is 0 Å². The standard InChI is InChI=1S/C12H14N4O2/c1-8-2-3-10(11(17)15-8)12(18)16-5-4-14-7-9(16)6-13/h2-3,9,14H,4-5,7H2,1H3,(H,15,17). The van der Waals surface area contributed by atoms with Crippen molar-refractivity contribution in [2.24, 2.45) is 0 Å². The van der Waals surface area contributed by atoms with E-state index in [1.165, 1.54) is 11.0 Å². The Kier molecular flexibility index (Phi) is 3.44. The van der Waals surface area contributed by atoms with E-state index in [4.69, 9.17) is 5.26 Å². The van der Waals surface area contributed by atoms with Crippen molar-refractivity contribution in [1.82, 2.24) is 15.2 Å². The molecule has 1 atom stereocenters. The van der Waals surface area contributed by atoms with Crippen LogP contribution in [0.3, 0.4) is 0 Å². The van der Waals surface area contributed by atoms with Crippen molar-refractivity contribution in [2.75, 3.05) is 19.6 Å². The molecule has 1 unspecified atom stereocenters. The fourth-order valence-corrected chi connectivity index (χ4v) is 1.96. The fraction of sp³-hybridized carbons (Fsp3) is 0.417. The Labute approximate surface area is 104 Å². The van der Waals surface area contributed by atoms with E-state index >= 15 is 0 Å². The summed E-state index contributed by atoms with van der Waals surface area (Å²) in [6, 6.07) is 4.73. The third kappa shape index (κ3) is 2.26. The predicted octanol–water partition coefficient (Wildman–Crippen LogP) is -0.379. The predicted molar refractivity (Wildman–Crippen MR) is 65.1 cm³/mol. The molecule has 0 aromatic carbocycles. The van der Waals surface area contributed by atoms with Gasteiger partial charge in [0.2, 0.25) is 0 Å². The van der Waals surface area contributed by atoms with Gasteiger partial charge in [-0.2, -0.15) is 5.26 Å². The molecule has 94 valence electrons. The van der Waals surface area contributed by atoms with Crippen LogP contribution in [0.5, 0.6) is 0 Å². The molecule has 2 rings (SSSR count). The minimum absolute atomic E-state index is 0.0859. The van der Waals surface area contributed by atoms with E-state index in [0.29, 0.717) is 25.3 Å². The van der Waals surface area contributed by atoms with E-state index < -0.39 is 11.6 Å². The van der Waals surface area contributed by atoms with Crippen LogP contribution in [0.15, 0.2) is 16.9 Å². The number of aromatic nitrogens is 1. The molecule has 1 saturated heterocycles. The van der Waals surface area contributed by atoms with Gasteiger partial charge in [-0.3, -0.25) is 9.59 Å². The molecule has 1 amide bonds. The molecule has 2 heterocycles. The Morgan fingerprint density at radius 2 is 2.33 bits per heavy atom. The summed E-state index contributed by atoms with van der Waals surface area (Å²) in [6.07, 6.45) is 0. The Morgan fingerprint density at radius 3 is 3.00 bits per heavy atom. The zero-order chi connectivity index (χ0) is 13.1. The van der Waals surface area contributed by atoms with Gasteiger partial charge in [0.25, 0.3) is 11.5 Å². The molecule has 0 radical (unpaired) electrons. The van der Waals surface area contributed by atoms with E-state index in [9.17, 15) is 9.59 Å². The summed E-state index contributed by atoms with van der Waals surface area (Å²) in [5.41, 5.74) is 0.381. The minimum Gasteiger partial charge on any atom is -0.326 e. The van der Waals surface area contributed by atoms with Crippen LogP contribution in [-0.4, -0.2) is 41.5 Å². The summed E-state index contributed by atoms with van der Waals surface area (Å²) in [6.45, 7) is 3.25. The number of carbonyl (C=O) groups excluding carboxylic acids is 1. The first kappa shape index (κ1) is 12.3. The summed E-state index contributed by atoms with van der Waals surface area (Å²) in [5, 5.41) is 12.0. The van der Waals surface area contributed by atoms with Crippen molar-refractivity contribution in [3.63, 3.8) is 0 Å². The fourth-order valence-electron chi connectivity index (χ4n) is 1.96. The second-order valence-corrected chi connectivity index (χ2v) is 4.23. The van der Waals surface area contributed by atoms with E-state index in [1.807, 2.05) is 0 Å². The Bertz CT molecular complexity index is 558. The highest BCUT2D eigenvalue weighted by molar-refractivity contribution is 5.94. The van der Waals surface area contributed by atoms with E-state index in [1.54, 1.807) is 13.0 Å². The van der Waals surface area contributed by atoms with Crippen LogP contribution in [0.25, 0.3) is 0 Å². The molecule has 2 N–H and O–H groups in total. The number of piperazine rings is 1. The van der Waals surface area contributed by atoms with Crippen molar-refractivity contribution in [2.45, 2.75) is 13.0 Å². The van der Waals surface area contributed by atoms with Crippen molar-refractivity contribution in [3.8, 4) is 6.07 Å². The van der Waals surface area contributed by atoms with E-state index in [0.717, 1.165) is 0 Å². The molecule has 0 saturated carbocycles. The minimum atomic E-state index is -0.521. The van der Waals surface area contributed by atoms with Gasteiger partial charge >= 0.3 is 0 Å². The number of hydrogen-bond donors (Lipinski definition) is 2. The third-order valence-corrected chi connectivity index (χ3v) is 2.94. The first-order valence-electron chi connectivity index (χ1n) is 5.74. The highest BCUT2D eigenvalue weighted by atomic mass is 16.2. The number of H-pyrrole nitrogens is 1. The largest absolute Gasteiger partial charge is 0.326 e. The number of hydrogen-bond acceptors (Lipinski definition) is 4. The number of rotatable bonds is 1. The number of carbonyl (C=O) groups is 1. The number of amides is 1. The monoisotopic (exact) mass is 246 g/mol. The normalized spacial score (nSPS) is 19.3. The first-order chi connectivity index (χ1) is 8.63. The van der Waals surface area contributed by atoms with Gasteiger partial charge in [-0.15, -0.1) is 0 Å². The maximum absolute atomic E-state index is 12.2. The van der Waals surface area contributed by atoms with Crippen molar-refractivity contribution in [1.29, 1.82) is 5.26 Å². The lowest BCUT2D eigenvalue weighted by atomic mass is 10.1.